The summed E-state index contributed by atoms with van der Waals surface area (Å²) in [6.07, 6.45) is 2.67. The van der Waals surface area contributed by atoms with E-state index in [4.69, 9.17) is 0 Å². The minimum Gasteiger partial charge on any atom is -0.304 e. The van der Waals surface area contributed by atoms with E-state index >= 15 is 0 Å². The number of nitrogens with one attached hydrogen (secondary N) is 1. The Labute approximate surface area is 104 Å². The molecule has 1 N–H and O–H groups in total. The second-order valence-electron chi connectivity index (χ2n) is 3.71. The first-order valence-corrected chi connectivity index (χ1v) is 6.44. The van der Waals surface area contributed by atoms with Crippen molar-refractivity contribution in [3.05, 3.63) is 22.5 Å². The summed E-state index contributed by atoms with van der Waals surface area (Å²) in [5, 5.41) is 15.5. The van der Waals surface area contributed by atoms with Crippen LogP contribution in [0, 0.1) is 0 Å². The van der Waals surface area contributed by atoms with Gasteiger partial charge in [0.15, 0.2) is 0 Å². The van der Waals surface area contributed by atoms with E-state index in [2.05, 4.69) is 39.1 Å². The summed E-state index contributed by atoms with van der Waals surface area (Å²) in [4.78, 5) is 1.15. The highest BCUT2D eigenvalue weighted by molar-refractivity contribution is 7.05. The molecule has 0 aliphatic carbocycles. The summed E-state index contributed by atoms with van der Waals surface area (Å²) < 4.78 is 5.82. The van der Waals surface area contributed by atoms with Gasteiger partial charge in [-0.25, -0.2) is 0 Å². The lowest BCUT2D eigenvalue weighted by Crippen LogP contribution is -2.24. The Bertz CT molecular complexity index is 477. The third-order valence-corrected chi connectivity index (χ3v) is 3.47. The Morgan fingerprint density at radius 2 is 2.29 bits per heavy atom. The van der Waals surface area contributed by atoms with Crippen molar-refractivity contribution in [1.29, 1.82) is 0 Å². The number of hydrogen-bond donors (Lipinski definition) is 1. The third-order valence-electron chi connectivity index (χ3n) is 2.64. The van der Waals surface area contributed by atoms with Crippen molar-refractivity contribution >= 4 is 11.5 Å². The van der Waals surface area contributed by atoms with E-state index in [0.29, 0.717) is 0 Å². The average Bonchev–Trinajstić information content (AvgIpc) is 2.94. The zero-order valence-electron chi connectivity index (χ0n) is 10.2. The van der Waals surface area contributed by atoms with Gasteiger partial charge in [0.1, 0.15) is 0 Å². The minimum atomic E-state index is 0.0787. The van der Waals surface area contributed by atoms with Crippen molar-refractivity contribution in [1.82, 2.24) is 29.9 Å². The van der Waals surface area contributed by atoms with Crippen LogP contribution in [0.1, 0.15) is 36.2 Å². The molecule has 0 saturated heterocycles. The zero-order valence-corrected chi connectivity index (χ0v) is 11.0. The molecule has 6 nitrogen and oxygen atoms in total. The molecule has 0 saturated carbocycles. The lowest BCUT2D eigenvalue weighted by Gasteiger charge is -2.16. The second kappa shape index (κ2) is 5.33. The fourth-order valence-electron chi connectivity index (χ4n) is 1.77. The van der Waals surface area contributed by atoms with Crippen molar-refractivity contribution < 1.29 is 0 Å². The Balaban J connectivity index is 2.39. The van der Waals surface area contributed by atoms with Gasteiger partial charge >= 0.3 is 0 Å². The fourth-order valence-corrected chi connectivity index (χ4v) is 2.60. The predicted molar refractivity (Wildman–Crippen MR) is 65.8 cm³/mol. The molecule has 7 heteroatoms. The second-order valence-corrected chi connectivity index (χ2v) is 4.50. The van der Waals surface area contributed by atoms with Gasteiger partial charge in [-0.1, -0.05) is 23.5 Å². The Morgan fingerprint density at radius 3 is 2.88 bits per heavy atom. The van der Waals surface area contributed by atoms with Gasteiger partial charge in [0.05, 0.1) is 28.5 Å². The van der Waals surface area contributed by atoms with E-state index in [0.717, 1.165) is 29.2 Å². The molecule has 0 aromatic carbocycles. The lowest BCUT2D eigenvalue weighted by molar-refractivity contribution is 0.570. The summed E-state index contributed by atoms with van der Waals surface area (Å²) in [6, 6.07) is 0.0787. The van der Waals surface area contributed by atoms with Gasteiger partial charge in [-0.2, -0.15) is 0 Å². The first kappa shape index (κ1) is 12.1. The maximum Gasteiger partial charge on any atom is 0.0893 e. The van der Waals surface area contributed by atoms with Gasteiger partial charge in [-0.15, -0.1) is 10.2 Å². The summed E-state index contributed by atoms with van der Waals surface area (Å²) in [5.74, 6) is 0. The monoisotopic (exact) mass is 252 g/mol. The molecule has 0 aliphatic rings. The van der Waals surface area contributed by atoms with Gasteiger partial charge in [0.25, 0.3) is 0 Å². The first-order chi connectivity index (χ1) is 8.27. The molecular formula is C10H16N6S. The third kappa shape index (κ3) is 2.34. The van der Waals surface area contributed by atoms with E-state index in [9.17, 15) is 0 Å². The maximum atomic E-state index is 4.16. The van der Waals surface area contributed by atoms with Crippen molar-refractivity contribution in [3.8, 4) is 0 Å². The number of aryl methyl sites for hydroxylation is 2. The lowest BCUT2D eigenvalue weighted by atomic mass is 10.1. The molecular weight excluding hydrogens is 236 g/mol. The van der Waals surface area contributed by atoms with Crippen LogP contribution in [0.15, 0.2) is 6.20 Å². The van der Waals surface area contributed by atoms with Crippen LogP contribution in [-0.4, -0.2) is 31.1 Å². The highest BCUT2D eigenvalue weighted by Crippen LogP contribution is 2.26. The van der Waals surface area contributed by atoms with Crippen molar-refractivity contribution in [2.75, 3.05) is 6.54 Å². The van der Waals surface area contributed by atoms with Crippen LogP contribution in [0.2, 0.25) is 0 Å². The van der Waals surface area contributed by atoms with Crippen molar-refractivity contribution in [2.45, 2.75) is 26.3 Å². The summed E-state index contributed by atoms with van der Waals surface area (Å²) in [6.45, 7) is 5.04. The van der Waals surface area contributed by atoms with E-state index in [1.807, 2.05) is 7.05 Å². The van der Waals surface area contributed by atoms with Crippen LogP contribution in [0.5, 0.6) is 0 Å². The van der Waals surface area contributed by atoms with E-state index in [-0.39, 0.29) is 6.04 Å². The molecule has 17 heavy (non-hydrogen) atoms. The molecule has 2 aromatic heterocycles. The molecule has 0 aliphatic heterocycles. The smallest absolute Gasteiger partial charge is 0.0893 e. The van der Waals surface area contributed by atoms with Gasteiger partial charge in [0, 0.05) is 7.05 Å². The van der Waals surface area contributed by atoms with Gasteiger partial charge < -0.3 is 5.32 Å². The molecule has 1 unspecified atom stereocenters. The highest BCUT2D eigenvalue weighted by atomic mass is 32.1. The molecule has 2 rings (SSSR count). The number of nitrogens with zero attached hydrogens (tertiary/aromatic N) is 5. The Hall–Kier alpha value is -1.34. The van der Waals surface area contributed by atoms with Gasteiger partial charge in [-0.05, 0) is 24.5 Å². The average molecular weight is 252 g/mol. The number of aromatic nitrogens is 5. The van der Waals surface area contributed by atoms with E-state index in [1.165, 1.54) is 11.5 Å². The van der Waals surface area contributed by atoms with E-state index < -0.39 is 0 Å². The largest absolute Gasteiger partial charge is 0.304 e. The van der Waals surface area contributed by atoms with Crippen LogP contribution < -0.4 is 5.32 Å². The quantitative estimate of drug-likeness (QED) is 0.857. The molecule has 2 heterocycles. The summed E-state index contributed by atoms with van der Waals surface area (Å²) in [5.41, 5.74) is 2.08. The molecule has 0 radical (unpaired) electrons. The molecule has 1 atom stereocenters. The Kier molecular flexibility index (Phi) is 3.80. The molecule has 0 fully saturated rings. The predicted octanol–water partition coefficient (Wildman–Crippen LogP) is 0.928. The number of rotatable bonds is 5. The van der Waals surface area contributed by atoms with Gasteiger partial charge in [0.2, 0.25) is 0 Å². The van der Waals surface area contributed by atoms with Crippen LogP contribution in [0.3, 0.4) is 0 Å². The standard InChI is InChI=1S/C10H16N6S/c1-4-7-10(17-15-13-7)9(11-5-2)8-6-12-14-16(8)3/h6,9,11H,4-5H2,1-3H3. The summed E-state index contributed by atoms with van der Waals surface area (Å²) >= 11 is 1.44. The first-order valence-electron chi connectivity index (χ1n) is 5.67. The maximum absolute atomic E-state index is 4.16. The van der Waals surface area contributed by atoms with Crippen molar-refractivity contribution in [2.24, 2.45) is 7.05 Å². The minimum absolute atomic E-state index is 0.0787. The van der Waals surface area contributed by atoms with Crippen LogP contribution >= 0.6 is 11.5 Å². The molecule has 2 aromatic rings. The van der Waals surface area contributed by atoms with Crippen molar-refractivity contribution in [3.63, 3.8) is 0 Å². The fraction of sp³-hybridized carbons (Fsp3) is 0.600. The zero-order chi connectivity index (χ0) is 12.3. The highest BCUT2D eigenvalue weighted by Gasteiger charge is 2.22. The SMILES string of the molecule is CCNC(c1snnc1CC)c1cnnn1C. The summed E-state index contributed by atoms with van der Waals surface area (Å²) in [7, 11) is 1.90. The Morgan fingerprint density at radius 1 is 1.47 bits per heavy atom. The molecule has 0 spiro atoms. The van der Waals surface area contributed by atoms with Crippen LogP contribution in [-0.2, 0) is 13.5 Å². The number of hydrogen-bond acceptors (Lipinski definition) is 6. The van der Waals surface area contributed by atoms with E-state index in [1.54, 1.807) is 10.9 Å². The molecule has 0 bridgehead atoms. The normalized spacial score (nSPS) is 12.9. The molecule has 92 valence electrons. The van der Waals surface area contributed by atoms with Crippen LogP contribution in [0.4, 0.5) is 0 Å². The molecule has 0 amide bonds. The topological polar surface area (TPSA) is 68.5 Å². The van der Waals surface area contributed by atoms with Crippen LogP contribution in [0.25, 0.3) is 0 Å². The van der Waals surface area contributed by atoms with Gasteiger partial charge in [-0.3, -0.25) is 4.68 Å².